The Balaban J connectivity index is 2.08. The van der Waals surface area contributed by atoms with E-state index in [1.165, 1.54) is 7.11 Å². The second kappa shape index (κ2) is 5.48. The van der Waals surface area contributed by atoms with Crippen molar-refractivity contribution in [1.82, 2.24) is 9.88 Å². The third-order valence-corrected chi connectivity index (χ3v) is 3.61. The monoisotopic (exact) mass is 312 g/mol. The number of carbonyl (C=O) groups is 2. The zero-order valence-electron chi connectivity index (χ0n) is 9.93. The molecule has 2 heterocycles. The molecular weight excluding hydrogens is 300 g/mol. The first-order valence-electron chi connectivity index (χ1n) is 5.61. The minimum Gasteiger partial charge on any atom is -0.469 e. The first-order valence-corrected chi connectivity index (χ1v) is 6.40. The lowest BCUT2D eigenvalue weighted by Crippen LogP contribution is -2.31. The molecule has 1 aromatic heterocycles. The van der Waals surface area contributed by atoms with Crippen LogP contribution in [-0.4, -0.2) is 42.0 Å². The standard InChI is InChI=1S/C12H13BrN2O3/c1-18-12(17)8-4-6-15(7-8)11(16)10-9(13)3-2-5-14-10/h2-3,5,8H,4,6-7H2,1H3. The van der Waals surface area contributed by atoms with E-state index in [0.717, 1.165) is 0 Å². The van der Waals surface area contributed by atoms with Gasteiger partial charge in [-0.15, -0.1) is 0 Å². The van der Waals surface area contributed by atoms with Gasteiger partial charge in [-0.05, 0) is 34.5 Å². The molecule has 0 aromatic carbocycles. The Labute approximate surface area is 113 Å². The fraction of sp³-hybridized carbons (Fsp3) is 0.417. The summed E-state index contributed by atoms with van der Waals surface area (Å²) >= 11 is 3.30. The largest absolute Gasteiger partial charge is 0.469 e. The molecule has 2 rings (SSSR count). The number of esters is 1. The first kappa shape index (κ1) is 13.0. The molecule has 0 saturated carbocycles. The topological polar surface area (TPSA) is 59.5 Å². The van der Waals surface area contributed by atoms with Gasteiger partial charge in [0.05, 0.1) is 13.0 Å². The molecule has 1 atom stereocenters. The van der Waals surface area contributed by atoms with Crippen molar-refractivity contribution in [3.63, 3.8) is 0 Å². The highest BCUT2D eigenvalue weighted by molar-refractivity contribution is 9.10. The van der Waals surface area contributed by atoms with Crippen molar-refractivity contribution in [3.8, 4) is 0 Å². The van der Waals surface area contributed by atoms with Crippen molar-refractivity contribution in [2.24, 2.45) is 5.92 Å². The van der Waals surface area contributed by atoms with Gasteiger partial charge in [-0.2, -0.15) is 0 Å². The van der Waals surface area contributed by atoms with Crippen LogP contribution in [0.25, 0.3) is 0 Å². The molecule has 96 valence electrons. The van der Waals surface area contributed by atoms with Gasteiger partial charge in [0.2, 0.25) is 0 Å². The molecule has 1 unspecified atom stereocenters. The molecule has 0 N–H and O–H groups in total. The van der Waals surface area contributed by atoms with Crippen molar-refractivity contribution >= 4 is 27.8 Å². The summed E-state index contributed by atoms with van der Waals surface area (Å²) in [6, 6.07) is 3.52. The fourth-order valence-electron chi connectivity index (χ4n) is 2.00. The highest BCUT2D eigenvalue weighted by Crippen LogP contribution is 2.22. The van der Waals surface area contributed by atoms with E-state index in [-0.39, 0.29) is 17.8 Å². The van der Waals surface area contributed by atoms with Crippen LogP contribution in [0, 0.1) is 5.92 Å². The van der Waals surface area contributed by atoms with Crippen molar-refractivity contribution in [3.05, 3.63) is 28.5 Å². The van der Waals surface area contributed by atoms with Gasteiger partial charge < -0.3 is 9.64 Å². The summed E-state index contributed by atoms with van der Waals surface area (Å²) in [5, 5.41) is 0. The van der Waals surface area contributed by atoms with Gasteiger partial charge in [-0.25, -0.2) is 4.98 Å². The Bertz CT molecular complexity index is 478. The number of pyridine rings is 1. The number of likely N-dealkylation sites (tertiary alicyclic amines) is 1. The minimum atomic E-state index is -0.259. The van der Waals surface area contributed by atoms with Crippen LogP contribution in [0.3, 0.4) is 0 Å². The summed E-state index contributed by atoms with van der Waals surface area (Å²) < 4.78 is 5.35. The van der Waals surface area contributed by atoms with E-state index < -0.39 is 0 Å². The van der Waals surface area contributed by atoms with E-state index >= 15 is 0 Å². The quantitative estimate of drug-likeness (QED) is 0.776. The van der Waals surface area contributed by atoms with Crippen LogP contribution in [0.4, 0.5) is 0 Å². The molecule has 1 aliphatic heterocycles. The highest BCUT2D eigenvalue weighted by Gasteiger charge is 2.33. The smallest absolute Gasteiger partial charge is 0.310 e. The van der Waals surface area contributed by atoms with Crippen LogP contribution in [0.15, 0.2) is 22.8 Å². The van der Waals surface area contributed by atoms with Crippen molar-refractivity contribution in [1.29, 1.82) is 0 Å². The number of halogens is 1. The van der Waals surface area contributed by atoms with Gasteiger partial charge in [0.25, 0.3) is 5.91 Å². The van der Waals surface area contributed by atoms with Gasteiger partial charge in [0.15, 0.2) is 0 Å². The molecule has 1 aromatic rings. The number of ether oxygens (including phenoxy) is 1. The Morgan fingerprint density at radius 1 is 1.56 bits per heavy atom. The summed E-state index contributed by atoms with van der Waals surface area (Å²) in [5.74, 6) is -0.638. The number of hydrogen-bond acceptors (Lipinski definition) is 4. The maximum atomic E-state index is 12.2. The zero-order chi connectivity index (χ0) is 13.1. The second-order valence-corrected chi connectivity index (χ2v) is 4.95. The van der Waals surface area contributed by atoms with Gasteiger partial charge in [0.1, 0.15) is 5.69 Å². The normalized spacial score (nSPS) is 18.8. The van der Waals surface area contributed by atoms with E-state index in [4.69, 9.17) is 0 Å². The van der Waals surface area contributed by atoms with Gasteiger partial charge >= 0.3 is 5.97 Å². The number of hydrogen-bond donors (Lipinski definition) is 0. The lowest BCUT2D eigenvalue weighted by molar-refractivity contribution is -0.144. The van der Waals surface area contributed by atoms with Crippen molar-refractivity contribution in [2.45, 2.75) is 6.42 Å². The van der Waals surface area contributed by atoms with Crippen LogP contribution in [0.2, 0.25) is 0 Å². The number of methoxy groups -OCH3 is 1. The second-order valence-electron chi connectivity index (χ2n) is 4.09. The predicted molar refractivity (Wildman–Crippen MR) is 68.0 cm³/mol. The van der Waals surface area contributed by atoms with E-state index in [2.05, 4.69) is 25.7 Å². The highest BCUT2D eigenvalue weighted by atomic mass is 79.9. The van der Waals surface area contributed by atoms with Crippen molar-refractivity contribution in [2.75, 3.05) is 20.2 Å². The molecule has 6 heteroatoms. The Morgan fingerprint density at radius 3 is 3.00 bits per heavy atom. The van der Waals surface area contributed by atoms with Crippen LogP contribution >= 0.6 is 15.9 Å². The number of carbonyl (C=O) groups excluding carboxylic acids is 2. The lowest BCUT2D eigenvalue weighted by Gasteiger charge is -2.16. The average Bonchev–Trinajstić information content (AvgIpc) is 2.87. The summed E-state index contributed by atoms with van der Waals surface area (Å²) in [4.78, 5) is 29.3. The maximum Gasteiger partial charge on any atom is 0.310 e. The Kier molecular flexibility index (Phi) is 3.96. The van der Waals surface area contributed by atoms with Gasteiger partial charge in [0, 0.05) is 23.8 Å². The number of aromatic nitrogens is 1. The van der Waals surface area contributed by atoms with E-state index in [0.29, 0.717) is 29.7 Å². The average molecular weight is 313 g/mol. The molecule has 0 radical (unpaired) electrons. The SMILES string of the molecule is COC(=O)C1CCN(C(=O)c2ncccc2Br)C1. The summed E-state index contributed by atoms with van der Waals surface area (Å²) in [6.45, 7) is 0.954. The number of rotatable bonds is 2. The molecule has 0 bridgehead atoms. The minimum absolute atomic E-state index is 0.158. The molecule has 1 amide bonds. The van der Waals surface area contributed by atoms with E-state index in [1.54, 1.807) is 23.2 Å². The van der Waals surface area contributed by atoms with Crippen molar-refractivity contribution < 1.29 is 14.3 Å². The van der Waals surface area contributed by atoms with Gasteiger partial charge in [-0.1, -0.05) is 0 Å². The summed E-state index contributed by atoms with van der Waals surface area (Å²) in [7, 11) is 1.36. The molecule has 5 nitrogen and oxygen atoms in total. The zero-order valence-corrected chi connectivity index (χ0v) is 11.5. The lowest BCUT2D eigenvalue weighted by atomic mass is 10.1. The van der Waals surface area contributed by atoms with Crippen LogP contribution in [0.5, 0.6) is 0 Å². The number of nitrogens with zero attached hydrogens (tertiary/aromatic N) is 2. The summed E-state index contributed by atoms with van der Waals surface area (Å²) in [6.07, 6.45) is 2.22. The third-order valence-electron chi connectivity index (χ3n) is 2.97. The fourth-order valence-corrected chi connectivity index (χ4v) is 2.42. The molecule has 1 fully saturated rings. The molecule has 0 spiro atoms. The van der Waals surface area contributed by atoms with E-state index in [9.17, 15) is 9.59 Å². The van der Waals surface area contributed by atoms with Gasteiger partial charge in [-0.3, -0.25) is 9.59 Å². The molecular formula is C12H13BrN2O3. The molecule has 18 heavy (non-hydrogen) atoms. The predicted octanol–water partition coefficient (Wildman–Crippen LogP) is 1.48. The van der Waals surface area contributed by atoms with E-state index in [1.807, 2.05) is 0 Å². The maximum absolute atomic E-state index is 12.2. The Morgan fingerprint density at radius 2 is 2.33 bits per heavy atom. The molecule has 1 aliphatic rings. The first-order chi connectivity index (χ1) is 8.63. The molecule has 0 aliphatic carbocycles. The molecule has 1 saturated heterocycles. The van der Waals surface area contributed by atoms with Crippen LogP contribution in [-0.2, 0) is 9.53 Å². The number of amides is 1. The van der Waals surface area contributed by atoms with Crippen LogP contribution < -0.4 is 0 Å². The van der Waals surface area contributed by atoms with Crippen LogP contribution in [0.1, 0.15) is 16.9 Å². The third kappa shape index (κ3) is 2.53. The summed E-state index contributed by atoms with van der Waals surface area (Å²) in [5.41, 5.74) is 0.378. The Hall–Kier alpha value is -1.43.